The van der Waals surface area contributed by atoms with Gasteiger partial charge in [-0.3, -0.25) is 4.57 Å². The van der Waals surface area contributed by atoms with Gasteiger partial charge in [0.15, 0.2) is 0 Å². The summed E-state index contributed by atoms with van der Waals surface area (Å²) < 4.78 is 16.7. The second-order valence-corrected chi connectivity index (χ2v) is 6.60. The average molecular weight is 388 g/mol. The third-order valence-corrected chi connectivity index (χ3v) is 4.16. The molecular formula is C15H10BrCl2FN2. The van der Waals surface area contributed by atoms with Gasteiger partial charge in [-0.25, -0.2) is 9.37 Å². The van der Waals surface area contributed by atoms with Crippen LogP contribution in [0, 0.1) is 5.82 Å². The topological polar surface area (TPSA) is 17.8 Å². The molecule has 0 saturated heterocycles. The largest absolute Gasteiger partial charge is 0.292 e. The highest BCUT2D eigenvalue weighted by atomic mass is 79.9. The summed E-state index contributed by atoms with van der Waals surface area (Å²) in [6.45, 7) is 1.80. The third kappa shape index (κ3) is 2.56. The van der Waals surface area contributed by atoms with Gasteiger partial charge in [0.05, 0.1) is 21.6 Å². The van der Waals surface area contributed by atoms with Gasteiger partial charge >= 0.3 is 0 Å². The van der Waals surface area contributed by atoms with Gasteiger partial charge in [-0.15, -0.1) is 11.6 Å². The Labute approximate surface area is 139 Å². The van der Waals surface area contributed by atoms with E-state index in [0.717, 1.165) is 5.52 Å². The van der Waals surface area contributed by atoms with E-state index in [4.69, 9.17) is 23.2 Å². The van der Waals surface area contributed by atoms with E-state index >= 15 is 0 Å². The molecule has 1 atom stereocenters. The minimum atomic E-state index is -0.378. The van der Waals surface area contributed by atoms with Gasteiger partial charge in [0.1, 0.15) is 17.2 Å². The molecule has 1 heterocycles. The number of fused-ring (bicyclic) bond motifs is 1. The normalized spacial score (nSPS) is 12.8. The molecule has 3 aromatic rings. The van der Waals surface area contributed by atoms with E-state index < -0.39 is 0 Å². The van der Waals surface area contributed by atoms with E-state index in [1.807, 2.05) is 12.1 Å². The quantitative estimate of drug-likeness (QED) is 0.502. The number of hydrogen-bond acceptors (Lipinski definition) is 1. The summed E-state index contributed by atoms with van der Waals surface area (Å²) in [5.41, 5.74) is 1.74. The first-order valence-corrected chi connectivity index (χ1v) is 7.86. The first kappa shape index (κ1) is 14.8. The summed E-state index contributed by atoms with van der Waals surface area (Å²) in [5.74, 6) is 0.197. The first-order chi connectivity index (χ1) is 9.99. The highest BCUT2D eigenvalue weighted by Crippen LogP contribution is 2.32. The van der Waals surface area contributed by atoms with Crippen molar-refractivity contribution in [3.8, 4) is 5.69 Å². The van der Waals surface area contributed by atoms with Crippen molar-refractivity contribution in [2.45, 2.75) is 12.3 Å². The third-order valence-electron chi connectivity index (χ3n) is 3.17. The lowest BCUT2D eigenvalue weighted by molar-refractivity contribution is 0.615. The van der Waals surface area contributed by atoms with Crippen LogP contribution >= 0.6 is 39.1 Å². The van der Waals surface area contributed by atoms with Crippen LogP contribution in [0.4, 0.5) is 4.39 Å². The van der Waals surface area contributed by atoms with E-state index in [9.17, 15) is 4.39 Å². The zero-order valence-electron chi connectivity index (χ0n) is 10.9. The number of alkyl halides is 1. The van der Waals surface area contributed by atoms with Crippen molar-refractivity contribution in [2.75, 3.05) is 0 Å². The molecule has 0 amide bonds. The fourth-order valence-corrected chi connectivity index (χ4v) is 2.96. The number of halogens is 4. The minimum absolute atomic E-state index is 0.359. The van der Waals surface area contributed by atoms with Gasteiger partial charge < -0.3 is 0 Å². The van der Waals surface area contributed by atoms with E-state index in [1.165, 1.54) is 6.07 Å². The molecule has 0 bridgehead atoms. The monoisotopic (exact) mass is 386 g/mol. The standard InChI is InChI=1S/C15H10BrCl2FN2/c1-8(17)15-20-14-10(18)3-2-4-13(14)21(15)12-6-5-9(16)7-11(12)19/h2-8H,1H3. The highest BCUT2D eigenvalue weighted by molar-refractivity contribution is 9.10. The Balaban J connectivity index is 2.39. The second kappa shape index (κ2) is 5.59. The van der Waals surface area contributed by atoms with Gasteiger partial charge in [0, 0.05) is 4.47 Å². The van der Waals surface area contributed by atoms with Crippen LogP contribution in [0.3, 0.4) is 0 Å². The molecule has 21 heavy (non-hydrogen) atoms. The van der Waals surface area contributed by atoms with Crippen molar-refractivity contribution in [3.63, 3.8) is 0 Å². The fourth-order valence-electron chi connectivity index (χ4n) is 2.27. The Bertz CT molecular complexity index is 830. The lowest BCUT2D eigenvalue weighted by Gasteiger charge is -2.11. The summed E-state index contributed by atoms with van der Waals surface area (Å²) in [7, 11) is 0. The maximum Gasteiger partial charge on any atom is 0.148 e. The molecule has 1 aromatic heterocycles. The van der Waals surface area contributed by atoms with Crippen LogP contribution in [0.1, 0.15) is 18.1 Å². The lowest BCUT2D eigenvalue weighted by atomic mass is 10.2. The second-order valence-electron chi connectivity index (χ2n) is 4.62. The molecule has 6 heteroatoms. The van der Waals surface area contributed by atoms with Gasteiger partial charge in [-0.1, -0.05) is 33.6 Å². The van der Waals surface area contributed by atoms with Crippen molar-refractivity contribution < 1.29 is 4.39 Å². The number of para-hydroxylation sites is 1. The van der Waals surface area contributed by atoms with Crippen LogP contribution < -0.4 is 0 Å². The Morgan fingerprint density at radius 1 is 1.29 bits per heavy atom. The van der Waals surface area contributed by atoms with Crippen molar-refractivity contribution in [1.29, 1.82) is 0 Å². The Hall–Kier alpha value is -1.10. The number of hydrogen-bond donors (Lipinski definition) is 0. The molecule has 0 fully saturated rings. The van der Waals surface area contributed by atoms with E-state index in [0.29, 0.717) is 26.5 Å². The zero-order chi connectivity index (χ0) is 15.1. The van der Waals surface area contributed by atoms with Crippen LogP contribution in [-0.2, 0) is 0 Å². The number of imidazole rings is 1. The molecule has 0 N–H and O–H groups in total. The summed E-state index contributed by atoms with van der Waals surface area (Å²) in [5, 5.41) is 0.138. The molecule has 0 radical (unpaired) electrons. The summed E-state index contributed by atoms with van der Waals surface area (Å²) in [6.07, 6.45) is 0. The fraction of sp³-hybridized carbons (Fsp3) is 0.133. The molecule has 0 spiro atoms. The minimum Gasteiger partial charge on any atom is -0.292 e. The number of benzene rings is 2. The molecule has 3 rings (SSSR count). The van der Waals surface area contributed by atoms with Crippen LogP contribution in [0.25, 0.3) is 16.7 Å². The molecule has 2 nitrogen and oxygen atoms in total. The molecule has 0 saturated carbocycles. The SMILES string of the molecule is CC(Cl)c1nc2c(Cl)cccc2n1-c1ccc(Br)cc1F. The highest BCUT2D eigenvalue weighted by Gasteiger charge is 2.19. The van der Waals surface area contributed by atoms with Gasteiger partial charge in [-0.05, 0) is 37.3 Å². The predicted octanol–water partition coefficient (Wildman–Crippen LogP) is 5.88. The lowest BCUT2D eigenvalue weighted by Crippen LogP contribution is -2.04. The maximum atomic E-state index is 14.3. The Morgan fingerprint density at radius 2 is 2.05 bits per heavy atom. The molecule has 2 aromatic carbocycles. The van der Waals surface area contributed by atoms with Crippen molar-refractivity contribution >= 4 is 50.2 Å². The first-order valence-electron chi connectivity index (χ1n) is 6.25. The molecule has 0 aliphatic rings. The van der Waals surface area contributed by atoms with Crippen molar-refractivity contribution in [2.24, 2.45) is 0 Å². The Morgan fingerprint density at radius 3 is 2.71 bits per heavy atom. The smallest absolute Gasteiger partial charge is 0.148 e. The average Bonchev–Trinajstić information content (AvgIpc) is 2.80. The molecule has 0 aliphatic heterocycles. The Kier molecular flexibility index (Phi) is 3.95. The van der Waals surface area contributed by atoms with Crippen LogP contribution in [0.15, 0.2) is 40.9 Å². The van der Waals surface area contributed by atoms with E-state index in [1.54, 1.807) is 29.7 Å². The summed E-state index contributed by atoms with van der Waals surface area (Å²) in [6, 6.07) is 10.3. The van der Waals surface area contributed by atoms with Crippen molar-refractivity contribution in [3.05, 3.63) is 57.5 Å². The van der Waals surface area contributed by atoms with E-state index in [-0.39, 0.29) is 11.2 Å². The molecule has 108 valence electrons. The van der Waals surface area contributed by atoms with Gasteiger partial charge in [0.25, 0.3) is 0 Å². The number of aromatic nitrogens is 2. The van der Waals surface area contributed by atoms with Crippen LogP contribution in [0.5, 0.6) is 0 Å². The van der Waals surface area contributed by atoms with Gasteiger partial charge in [0.2, 0.25) is 0 Å². The zero-order valence-corrected chi connectivity index (χ0v) is 14.0. The molecule has 1 unspecified atom stereocenters. The number of rotatable bonds is 2. The number of nitrogens with zero attached hydrogens (tertiary/aromatic N) is 2. The van der Waals surface area contributed by atoms with Crippen molar-refractivity contribution in [1.82, 2.24) is 9.55 Å². The van der Waals surface area contributed by atoms with Gasteiger partial charge in [-0.2, -0.15) is 0 Å². The maximum absolute atomic E-state index is 14.3. The van der Waals surface area contributed by atoms with Crippen LogP contribution in [-0.4, -0.2) is 9.55 Å². The van der Waals surface area contributed by atoms with Crippen LogP contribution in [0.2, 0.25) is 5.02 Å². The molecular weight excluding hydrogens is 378 g/mol. The van der Waals surface area contributed by atoms with E-state index in [2.05, 4.69) is 20.9 Å². The summed E-state index contributed by atoms with van der Waals surface area (Å²) in [4.78, 5) is 4.47. The molecule has 0 aliphatic carbocycles. The predicted molar refractivity (Wildman–Crippen MR) is 88.0 cm³/mol. The summed E-state index contributed by atoms with van der Waals surface area (Å²) >= 11 is 15.6.